The van der Waals surface area contributed by atoms with Crippen molar-refractivity contribution in [3.63, 3.8) is 0 Å². The first-order valence-electron chi connectivity index (χ1n) is 15.1. The lowest BCUT2D eigenvalue weighted by Gasteiger charge is -2.42. The van der Waals surface area contributed by atoms with Gasteiger partial charge in [0, 0.05) is 74.0 Å². The Kier molecular flexibility index (Phi) is 8.51. The summed E-state index contributed by atoms with van der Waals surface area (Å²) >= 11 is 0. The van der Waals surface area contributed by atoms with Crippen LogP contribution in [0.15, 0.2) is 60.9 Å². The van der Waals surface area contributed by atoms with E-state index in [0.717, 1.165) is 36.3 Å². The van der Waals surface area contributed by atoms with Crippen LogP contribution in [0.2, 0.25) is 0 Å². The summed E-state index contributed by atoms with van der Waals surface area (Å²) in [6, 6.07) is 15.5. The Hall–Kier alpha value is -4.84. The lowest BCUT2D eigenvalue weighted by atomic mass is 10.1. The van der Waals surface area contributed by atoms with Crippen LogP contribution in [-0.2, 0) is 9.59 Å². The molecule has 2 aliphatic rings. The van der Waals surface area contributed by atoms with Crippen LogP contribution in [0.25, 0.3) is 22.3 Å². The fourth-order valence-electron chi connectivity index (χ4n) is 6.14. The van der Waals surface area contributed by atoms with Gasteiger partial charge in [0.25, 0.3) is 5.91 Å². The number of rotatable bonds is 8. The molecule has 2 fully saturated rings. The molecule has 0 radical (unpaired) electrons. The maximum atomic E-state index is 13.5. The number of nitrogens with zero attached hydrogens (tertiary/aromatic N) is 6. The molecule has 44 heavy (non-hydrogen) atoms. The van der Waals surface area contributed by atoms with Crippen molar-refractivity contribution in [2.24, 2.45) is 5.92 Å². The molecule has 2 aliphatic heterocycles. The quantitative estimate of drug-likeness (QED) is 0.283. The van der Waals surface area contributed by atoms with E-state index in [2.05, 4.69) is 59.7 Å². The minimum Gasteiger partial charge on any atom is -0.368 e. The van der Waals surface area contributed by atoms with Crippen LogP contribution in [0.4, 0.5) is 11.4 Å². The molecule has 228 valence electrons. The van der Waals surface area contributed by atoms with Crippen LogP contribution in [0.3, 0.4) is 0 Å². The lowest BCUT2D eigenvalue weighted by Crippen LogP contribution is -2.56. The van der Waals surface area contributed by atoms with Gasteiger partial charge in [-0.1, -0.05) is 6.92 Å². The number of hydrogen-bond donors (Lipinski definition) is 3. The third-order valence-corrected chi connectivity index (χ3v) is 8.61. The highest BCUT2D eigenvalue weighted by Crippen LogP contribution is 2.26. The van der Waals surface area contributed by atoms with Gasteiger partial charge >= 0.3 is 0 Å². The largest absolute Gasteiger partial charge is 0.368 e. The minimum absolute atomic E-state index is 0.0887. The van der Waals surface area contributed by atoms with Crippen molar-refractivity contribution in [3.05, 3.63) is 66.6 Å². The number of carbonyl (C=O) groups is 3. The highest BCUT2D eigenvalue weighted by molar-refractivity contribution is 6.06. The van der Waals surface area contributed by atoms with E-state index in [4.69, 9.17) is 0 Å². The minimum atomic E-state index is -0.296. The van der Waals surface area contributed by atoms with Crippen molar-refractivity contribution >= 4 is 40.0 Å². The Balaban J connectivity index is 1.02. The molecule has 2 aromatic heterocycles. The summed E-state index contributed by atoms with van der Waals surface area (Å²) in [6.45, 7) is 5.85. The third kappa shape index (κ3) is 6.11. The zero-order valence-corrected chi connectivity index (χ0v) is 25.0. The average Bonchev–Trinajstić information content (AvgIpc) is 3.72. The number of nitrogens with one attached hydrogen (secondary N) is 3. The molecule has 2 atom stereocenters. The topological polar surface area (TPSA) is 139 Å². The number of benzene rings is 2. The molecule has 4 heterocycles. The molecule has 0 aliphatic carbocycles. The van der Waals surface area contributed by atoms with Crippen LogP contribution >= 0.6 is 0 Å². The van der Waals surface area contributed by atoms with Crippen molar-refractivity contribution in [1.29, 1.82) is 0 Å². The van der Waals surface area contributed by atoms with Gasteiger partial charge in [0.05, 0.1) is 18.0 Å². The fourth-order valence-corrected chi connectivity index (χ4v) is 6.14. The monoisotopic (exact) mass is 595 g/mol. The number of aromatic nitrogens is 4. The maximum absolute atomic E-state index is 13.5. The summed E-state index contributed by atoms with van der Waals surface area (Å²) in [6.07, 6.45) is 5.03. The van der Waals surface area contributed by atoms with Crippen molar-refractivity contribution in [2.45, 2.75) is 25.8 Å². The molecule has 0 spiro atoms. The molecule has 12 nitrogen and oxygen atoms in total. The molecule has 4 aromatic rings. The summed E-state index contributed by atoms with van der Waals surface area (Å²) in [4.78, 5) is 53.8. The van der Waals surface area contributed by atoms with Gasteiger partial charge in [-0.05, 0) is 67.9 Å². The van der Waals surface area contributed by atoms with Crippen molar-refractivity contribution < 1.29 is 14.4 Å². The van der Waals surface area contributed by atoms with E-state index in [9.17, 15) is 14.4 Å². The molecular formula is C32H37N9O3. The standard InChI is InChI=1S/C32H37N9O3/c1-3-24-19-40(25-8-5-21(6-9-25)30-34-12-4-13-35-30)15-16-41(24)28(42)20-39-14-11-22(18-39)31(43)36-23-7-10-27-26(17-23)29(38-37-27)32(44)33-2/h4-10,12-13,17,22,24H,3,11,14-16,18-20H2,1-2H3,(H,33,44)(H,36,43)(H,37,38)/t22-,24+/m1/s1. The second kappa shape index (κ2) is 12.8. The highest BCUT2D eigenvalue weighted by atomic mass is 16.2. The Morgan fingerprint density at radius 1 is 1.00 bits per heavy atom. The van der Waals surface area contributed by atoms with E-state index in [1.165, 1.54) is 0 Å². The first-order valence-corrected chi connectivity index (χ1v) is 15.1. The van der Waals surface area contributed by atoms with Gasteiger partial charge in [-0.25, -0.2) is 9.97 Å². The normalized spacial score (nSPS) is 18.9. The molecule has 0 bridgehead atoms. The van der Waals surface area contributed by atoms with Crippen LogP contribution < -0.4 is 15.5 Å². The number of piperazine rings is 1. The first-order chi connectivity index (χ1) is 21.4. The molecule has 3 N–H and O–H groups in total. The van der Waals surface area contributed by atoms with Crippen molar-refractivity contribution in [1.82, 2.24) is 35.3 Å². The van der Waals surface area contributed by atoms with E-state index >= 15 is 0 Å². The SMILES string of the molecule is CC[C@H]1CN(c2ccc(-c3ncccn3)cc2)CCN1C(=O)CN1CC[C@@H](C(=O)Nc2ccc3[nH]nc(C(=O)NC)c3c2)C1. The van der Waals surface area contributed by atoms with Crippen molar-refractivity contribution in [2.75, 3.05) is 56.5 Å². The molecular weight excluding hydrogens is 558 g/mol. The number of anilines is 2. The maximum Gasteiger partial charge on any atom is 0.272 e. The number of fused-ring (bicyclic) bond motifs is 1. The Morgan fingerprint density at radius 3 is 2.55 bits per heavy atom. The van der Waals surface area contributed by atoms with Gasteiger partial charge in [-0.15, -0.1) is 0 Å². The predicted molar refractivity (Wildman–Crippen MR) is 168 cm³/mol. The van der Waals surface area contributed by atoms with E-state index in [1.807, 2.05) is 17.0 Å². The molecule has 0 saturated carbocycles. The number of hydrogen-bond acceptors (Lipinski definition) is 8. The number of likely N-dealkylation sites (tertiary alicyclic amines) is 1. The zero-order chi connectivity index (χ0) is 30.6. The Morgan fingerprint density at radius 2 is 1.80 bits per heavy atom. The summed E-state index contributed by atoms with van der Waals surface area (Å²) in [5.74, 6) is 0.213. The Bertz CT molecular complexity index is 1640. The first kappa shape index (κ1) is 29.2. The van der Waals surface area contributed by atoms with Gasteiger partial charge in [-0.2, -0.15) is 5.10 Å². The molecule has 2 saturated heterocycles. The predicted octanol–water partition coefficient (Wildman–Crippen LogP) is 2.77. The Labute approximate surface area is 255 Å². The van der Waals surface area contributed by atoms with Gasteiger partial charge in [-0.3, -0.25) is 24.4 Å². The number of H-pyrrole nitrogens is 1. The molecule has 6 rings (SSSR count). The van der Waals surface area contributed by atoms with E-state index in [-0.39, 0.29) is 35.4 Å². The molecule has 3 amide bonds. The average molecular weight is 596 g/mol. The van der Waals surface area contributed by atoms with E-state index in [0.29, 0.717) is 49.5 Å². The second-order valence-electron chi connectivity index (χ2n) is 11.3. The second-order valence-corrected chi connectivity index (χ2v) is 11.3. The summed E-state index contributed by atoms with van der Waals surface area (Å²) in [5, 5.41) is 13.1. The highest BCUT2D eigenvalue weighted by Gasteiger charge is 2.34. The van der Waals surface area contributed by atoms with E-state index in [1.54, 1.807) is 43.7 Å². The summed E-state index contributed by atoms with van der Waals surface area (Å²) in [7, 11) is 1.55. The lowest BCUT2D eigenvalue weighted by molar-refractivity contribution is -0.135. The van der Waals surface area contributed by atoms with Gasteiger partial charge in [0.1, 0.15) is 0 Å². The smallest absolute Gasteiger partial charge is 0.272 e. The van der Waals surface area contributed by atoms with Gasteiger partial charge in [0.15, 0.2) is 11.5 Å². The molecule has 0 unspecified atom stereocenters. The number of amides is 3. The third-order valence-electron chi connectivity index (χ3n) is 8.61. The van der Waals surface area contributed by atoms with Crippen molar-refractivity contribution in [3.8, 4) is 11.4 Å². The molecule has 2 aromatic carbocycles. The number of carbonyl (C=O) groups excluding carboxylic acids is 3. The van der Waals surface area contributed by atoms with Gasteiger partial charge < -0.3 is 20.4 Å². The van der Waals surface area contributed by atoms with Crippen LogP contribution in [0.5, 0.6) is 0 Å². The van der Waals surface area contributed by atoms with Crippen LogP contribution in [-0.4, -0.2) is 100 Å². The van der Waals surface area contributed by atoms with Crippen LogP contribution in [0, 0.1) is 5.92 Å². The van der Waals surface area contributed by atoms with Crippen LogP contribution in [0.1, 0.15) is 30.3 Å². The van der Waals surface area contributed by atoms with E-state index < -0.39 is 0 Å². The number of aromatic amines is 1. The zero-order valence-electron chi connectivity index (χ0n) is 25.0. The molecule has 12 heteroatoms. The van der Waals surface area contributed by atoms with Gasteiger partial charge in [0.2, 0.25) is 11.8 Å². The fraction of sp³-hybridized carbons (Fsp3) is 0.375. The summed E-state index contributed by atoms with van der Waals surface area (Å²) < 4.78 is 0. The summed E-state index contributed by atoms with van der Waals surface area (Å²) in [5.41, 5.74) is 3.71.